The Kier molecular flexibility index (Phi) is 5.87. The Morgan fingerprint density at radius 2 is 1.79 bits per heavy atom. The van der Waals surface area contributed by atoms with Crippen molar-refractivity contribution in [2.45, 2.75) is 52.5 Å². The summed E-state index contributed by atoms with van der Waals surface area (Å²) >= 11 is 0. The molecule has 0 aromatic heterocycles. The zero-order chi connectivity index (χ0) is 14.4. The van der Waals surface area contributed by atoms with Crippen LogP contribution in [0.25, 0.3) is 0 Å². The minimum absolute atomic E-state index is 0.440. The van der Waals surface area contributed by atoms with E-state index in [0.29, 0.717) is 12.3 Å². The van der Waals surface area contributed by atoms with E-state index in [-0.39, 0.29) is 0 Å². The molecular formula is C16H25NO2. The minimum Gasteiger partial charge on any atom is -0.480 e. The lowest BCUT2D eigenvalue weighted by Crippen LogP contribution is -2.41. The van der Waals surface area contributed by atoms with Gasteiger partial charge in [0, 0.05) is 12.2 Å². The fraction of sp³-hybridized carbons (Fsp3) is 0.562. The standard InChI is InChI=1S/C16H25NO2/c1-5-11-17(15(6-2)16(18)19)14-9-7-13(8-10-14)12(3)4/h7-10,12,15H,5-6,11H2,1-4H3,(H,18,19)/t15-/m0/s1. The van der Waals surface area contributed by atoms with E-state index in [4.69, 9.17) is 0 Å². The van der Waals surface area contributed by atoms with Gasteiger partial charge >= 0.3 is 5.97 Å². The van der Waals surface area contributed by atoms with Crippen LogP contribution in [0.1, 0.15) is 52.0 Å². The van der Waals surface area contributed by atoms with Crippen molar-refractivity contribution < 1.29 is 9.90 Å². The average Bonchev–Trinajstić information content (AvgIpc) is 2.38. The van der Waals surface area contributed by atoms with Crippen molar-refractivity contribution in [1.82, 2.24) is 0 Å². The van der Waals surface area contributed by atoms with Gasteiger partial charge in [-0.05, 0) is 36.5 Å². The number of nitrogens with zero attached hydrogens (tertiary/aromatic N) is 1. The molecule has 0 aliphatic carbocycles. The summed E-state index contributed by atoms with van der Waals surface area (Å²) in [6.45, 7) is 9.08. The van der Waals surface area contributed by atoms with Crippen molar-refractivity contribution in [3.8, 4) is 0 Å². The van der Waals surface area contributed by atoms with Crippen molar-refractivity contribution in [3.05, 3.63) is 29.8 Å². The molecule has 3 nitrogen and oxygen atoms in total. The van der Waals surface area contributed by atoms with Crippen molar-refractivity contribution in [3.63, 3.8) is 0 Å². The van der Waals surface area contributed by atoms with Gasteiger partial charge in [-0.2, -0.15) is 0 Å². The van der Waals surface area contributed by atoms with Gasteiger partial charge < -0.3 is 10.0 Å². The molecule has 0 saturated carbocycles. The van der Waals surface area contributed by atoms with E-state index in [1.807, 2.05) is 24.0 Å². The molecule has 0 fully saturated rings. The van der Waals surface area contributed by atoms with E-state index in [2.05, 4.69) is 32.9 Å². The molecule has 0 aliphatic rings. The maximum absolute atomic E-state index is 11.4. The molecule has 0 saturated heterocycles. The summed E-state index contributed by atoms with van der Waals surface area (Å²) < 4.78 is 0. The average molecular weight is 263 g/mol. The Labute approximate surface area is 116 Å². The second-order valence-corrected chi connectivity index (χ2v) is 5.20. The molecule has 1 atom stereocenters. The Morgan fingerprint density at radius 1 is 1.21 bits per heavy atom. The van der Waals surface area contributed by atoms with E-state index >= 15 is 0 Å². The zero-order valence-electron chi connectivity index (χ0n) is 12.4. The van der Waals surface area contributed by atoms with E-state index < -0.39 is 12.0 Å². The van der Waals surface area contributed by atoms with Crippen molar-refractivity contribution in [1.29, 1.82) is 0 Å². The first-order valence-corrected chi connectivity index (χ1v) is 7.10. The maximum Gasteiger partial charge on any atom is 0.326 e. The first-order chi connectivity index (χ1) is 9.01. The Hall–Kier alpha value is -1.51. The van der Waals surface area contributed by atoms with Crippen LogP contribution < -0.4 is 4.90 Å². The van der Waals surface area contributed by atoms with Gasteiger partial charge in [0.25, 0.3) is 0 Å². The molecular weight excluding hydrogens is 238 g/mol. The minimum atomic E-state index is -0.746. The smallest absolute Gasteiger partial charge is 0.326 e. The molecule has 19 heavy (non-hydrogen) atoms. The number of aliphatic carboxylic acids is 1. The topological polar surface area (TPSA) is 40.5 Å². The molecule has 0 radical (unpaired) electrons. The summed E-state index contributed by atoms with van der Waals surface area (Å²) in [6.07, 6.45) is 1.55. The van der Waals surface area contributed by atoms with Gasteiger partial charge in [0.05, 0.1) is 0 Å². The molecule has 1 N–H and O–H groups in total. The van der Waals surface area contributed by atoms with E-state index in [0.717, 1.165) is 18.7 Å². The molecule has 0 aliphatic heterocycles. The highest BCUT2D eigenvalue weighted by Crippen LogP contribution is 2.23. The van der Waals surface area contributed by atoms with Crippen LogP contribution in [-0.2, 0) is 4.79 Å². The van der Waals surface area contributed by atoms with Crippen LogP contribution in [-0.4, -0.2) is 23.7 Å². The normalized spacial score (nSPS) is 12.5. The lowest BCUT2D eigenvalue weighted by Gasteiger charge is -2.30. The molecule has 1 aromatic rings. The summed E-state index contributed by atoms with van der Waals surface area (Å²) in [7, 11) is 0. The number of carboxylic acid groups (broad SMARTS) is 1. The fourth-order valence-corrected chi connectivity index (χ4v) is 2.28. The second-order valence-electron chi connectivity index (χ2n) is 5.20. The first kappa shape index (κ1) is 15.5. The molecule has 3 heteroatoms. The Balaban J connectivity index is 3.01. The van der Waals surface area contributed by atoms with Gasteiger partial charge in [-0.3, -0.25) is 0 Å². The van der Waals surface area contributed by atoms with Gasteiger partial charge in [0.1, 0.15) is 6.04 Å². The molecule has 0 amide bonds. The monoisotopic (exact) mass is 263 g/mol. The quantitative estimate of drug-likeness (QED) is 0.811. The third-order valence-electron chi connectivity index (χ3n) is 3.40. The van der Waals surface area contributed by atoms with Crippen molar-refractivity contribution in [2.24, 2.45) is 0 Å². The highest BCUT2D eigenvalue weighted by atomic mass is 16.4. The van der Waals surface area contributed by atoms with Crippen LogP contribution in [0.5, 0.6) is 0 Å². The lowest BCUT2D eigenvalue weighted by atomic mass is 10.0. The largest absolute Gasteiger partial charge is 0.480 e. The van der Waals surface area contributed by atoms with Crippen LogP contribution in [0, 0.1) is 0 Å². The van der Waals surface area contributed by atoms with Crippen LogP contribution >= 0.6 is 0 Å². The molecule has 1 rings (SSSR count). The zero-order valence-corrected chi connectivity index (χ0v) is 12.4. The molecule has 0 spiro atoms. The molecule has 106 valence electrons. The van der Waals surface area contributed by atoms with E-state index in [9.17, 15) is 9.90 Å². The maximum atomic E-state index is 11.4. The van der Waals surface area contributed by atoms with Crippen LogP contribution in [0.4, 0.5) is 5.69 Å². The van der Waals surface area contributed by atoms with Crippen LogP contribution in [0.3, 0.4) is 0 Å². The van der Waals surface area contributed by atoms with Crippen LogP contribution in [0.2, 0.25) is 0 Å². The van der Waals surface area contributed by atoms with Gasteiger partial charge in [0.2, 0.25) is 0 Å². The molecule has 1 aromatic carbocycles. The lowest BCUT2D eigenvalue weighted by molar-refractivity contribution is -0.138. The Morgan fingerprint density at radius 3 is 2.16 bits per heavy atom. The van der Waals surface area contributed by atoms with Gasteiger partial charge in [-0.1, -0.05) is 39.8 Å². The number of benzene rings is 1. The second kappa shape index (κ2) is 7.17. The van der Waals surface area contributed by atoms with Crippen LogP contribution in [0.15, 0.2) is 24.3 Å². The third kappa shape index (κ3) is 3.98. The van der Waals surface area contributed by atoms with E-state index in [1.54, 1.807) is 0 Å². The third-order valence-corrected chi connectivity index (χ3v) is 3.40. The number of carboxylic acids is 1. The number of rotatable bonds is 7. The fourth-order valence-electron chi connectivity index (χ4n) is 2.28. The number of anilines is 1. The van der Waals surface area contributed by atoms with Crippen molar-refractivity contribution in [2.75, 3.05) is 11.4 Å². The summed E-state index contributed by atoms with van der Waals surface area (Å²) in [5, 5.41) is 9.33. The highest BCUT2D eigenvalue weighted by Gasteiger charge is 2.23. The SMILES string of the molecule is CCCN(c1ccc(C(C)C)cc1)[C@@H](CC)C(=O)O. The van der Waals surface area contributed by atoms with E-state index in [1.165, 1.54) is 5.56 Å². The summed E-state index contributed by atoms with van der Waals surface area (Å²) in [5.41, 5.74) is 2.28. The summed E-state index contributed by atoms with van der Waals surface area (Å²) in [5.74, 6) is -0.251. The number of carbonyl (C=O) groups is 1. The van der Waals surface area contributed by atoms with Gasteiger partial charge in [-0.15, -0.1) is 0 Å². The molecule has 0 bridgehead atoms. The van der Waals surface area contributed by atoms with Gasteiger partial charge in [0.15, 0.2) is 0 Å². The predicted molar refractivity (Wildman–Crippen MR) is 79.9 cm³/mol. The summed E-state index contributed by atoms with van der Waals surface area (Å²) in [4.78, 5) is 13.3. The number of hydrogen-bond donors (Lipinski definition) is 1. The van der Waals surface area contributed by atoms with Crippen molar-refractivity contribution >= 4 is 11.7 Å². The highest BCUT2D eigenvalue weighted by molar-refractivity contribution is 5.78. The number of hydrogen-bond acceptors (Lipinski definition) is 2. The Bertz CT molecular complexity index is 398. The summed E-state index contributed by atoms with van der Waals surface area (Å²) in [6, 6.07) is 7.83. The first-order valence-electron chi connectivity index (χ1n) is 7.10. The predicted octanol–water partition coefficient (Wildman–Crippen LogP) is 3.89. The van der Waals surface area contributed by atoms with Gasteiger partial charge in [-0.25, -0.2) is 4.79 Å². The molecule has 0 heterocycles. The molecule has 0 unspecified atom stereocenters.